The zero-order chi connectivity index (χ0) is 73.9. The first kappa shape index (κ1) is 82.0. The maximum atomic E-state index is 14.1. The van der Waals surface area contributed by atoms with E-state index in [1.807, 2.05) is 160 Å². The fraction of sp³-hybridized carbons (Fsp3) is 0.623. The number of oxime groups is 3. The van der Waals surface area contributed by atoms with Crippen LogP contribution in [-0.2, 0) is 43.1 Å². The number of hydrogen-bond donors (Lipinski definition) is 4. The molecule has 0 unspecified atom stereocenters. The standard InChI is InChI=1S/C32H47N3O6.C21H34N2O4.C12H16ClNO2.C12H17NO2/c1-20(2)40-26-14-13-23(15-21(26)3)24-17-32(41-34-24)18-25(30(38)39-7)35(19-32)29(37)28(31(4,5)6)33-27(36)16-22-11-9-8-10-12-22;1-14-11-16(20(26)27-5)23(13-14)19(25)18(21(2,3)4)22-17(24)12-15-9-7-6-8-10-15;1-7(2)16-11-8(3)5-10(6-9(11)4)12(13)14-15;1-8(2)15-12-9(3)5-11(7-13-14)6-10(12)4/h13-15,20,22,25,28H,8-12,16-19H2,1-7H3,(H,33,36);15-16,18H,1,6-13H2,2-5H3,(H,22,24);5-7,15H,1-4H3;5-8,14H,1-4H3/t25-,28+,32+;16-,18+;;/m00../s1. The summed E-state index contributed by atoms with van der Waals surface area (Å²) in [6, 6.07) is 10.5. The van der Waals surface area contributed by atoms with Crippen LogP contribution in [0.4, 0.5) is 0 Å². The molecule has 3 heterocycles. The van der Waals surface area contributed by atoms with Crippen LogP contribution < -0.4 is 24.8 Å². The Morgan fingerprint density at radius 3 is 1.55 bits per heavy atom. The molecule has 99 heavy (non-hydrogen) atoms. The Morgan fingerprint density at radius 2 is 1.12 bits per heavy atom. The highest BCUT2D eigenvalue weighted by molar-refractivity contribution is 6.69. The normalized spacial score (nSPS) is 19.6. The number of nitrogens with zero attached hydrogens (tertiary/aromatic N) is 5. The van der Waals surface area contributed by atoms with Crippen molar-refractivity contribution in [3.8, 4) is 17.2 Å². The Balaban J connectivity index is 0.000000261. The number of aryl methyl sites for hydroxylation is 5. The lowest BCUT2D eigenvalue weighted by atomic mass is 9.84. The maximum Gasteiger partial charge on any atom is 0.328 e. The lowest BCUT2D eigenvalue weighted by Gasteiger charge is -2.35. The summed E-state index contributed by atoms with van der Waals surface area (Å²) in [5, 5.41) is 33.5. The second-order valence-corrected chi connectivity index (χ2v) is 30.7. The number of rotatable bonds is 19. The first-order valence-corrected chi connectivity index (χ1v) is 35.5. The van der Waals surface area contributed by atoms with Gasteiger partial charge in [-0.05, 0) is 206 Å². The van der Waals surface area contributed by atoms with Gasteiger partial charge in [0.1, 0.15) is 41.4 Å². The quantitative estimate of drug-likeness (QED) is 0.0286. The summed E-state index contributed by atoms with van der Waals surface area (Å²) in [6.07, 6.45) is 15.2. The van der Waals surface area contributed by atoms with E-state index in [1.54, 1.807) is 0 Å². The van der Waals surface area contributed by atoms with Crippen LogP contribution >= 0.6 is 11.6 Å². The highest BCUT2D eigenvalue weighted by atomic mass is 35.5. The Morgan fingerprint density at radius 1 is 0.667 bits per heavy atom. The van der Waals surface area contributed by atoms with Crippen molar-refractivity contribution in [3.63, 3.8) is 0 Å². The van der Waals surface area contributed by atoms with Gasteiger partial charge >= 0.3 is 11.9 Å². The Hall–Kier alpha value is -7.68. The van der Waals surface area contributed by atoms with Crippen molar-refractivity contribution < 1.29 is 67.7 Å². The second-order valence-electron chi connectivity index (χ2n) is 30.3. The molecular formula is C77H114ClN7O14. The fourth-order valence-electron chi connectivity index (χ4n) is 13.5. The summed E-state index contributed by atoms with van der Waals surface area (Å²) in [5.41, 5.74) is 7.24. The predicted octanol–water partition coefficient (Wildman–Crippen LogP) is 14.1. The molecular weight excluding hydrogens is 1280 g/mol. The number of hydrogen-bond acceptors (Lipinski definition) is 17. The minimum Gasteiger partial charge on any atom is -0.491 e. The Labute approximate surface area is 593 Å². The molecule has 4 fully saturated rings. The lowest BCUT2D eigenvalue weighted by Crippen LogP contribution is -2.57. The van der Waals surface area contributed by atoms with E-state index in [1.165, 1.54) is 55.9 Å². The van der Waals surface area contributed by atoms with Crippen LogP contribution in [0.15, 0.2) is 70.1 Å². The summed E-state index contributed by atoms with van der Waals surface area (Å²) in [4.78, 5) is 87.2. The van der Waals surface area contributed by atoms with Gasteiger partial charge in [-0.1, -0.05) is 119 Å². The minimum absolute atomic E-state index is 0.0706. The van der Waals surface area contributed by atoms with Crippen LogP contribution in [0.25, 0.3) is 0 Å². The summed E-state index contributed by atoms with van der Waals surface area (Å²) < 4.78 is 27.2. The smallest absolute Gasteiger partial charge is 0.328 e. The van der Waals surface area contributed by atoms with E-state index < -0.39 is 52.5 Å². The summed E-state index contributed by atoms with van der Waals surface area (Å²) in [6.45, 7) is 37.8. The van der Waals surface area contributed by atoms with Gasteiger partial charge < -0.3 is 59.4 Å². The molecule has 4 amide bonds. The van der Waals surface area contributed by atoms with E-state index >= 15 is 0 Å². The van der Waals surface area contributed by atoms with Crippen LogP contribution in [0.3, 0.4) is 0 Å². The average Bonchev–Trinajstić information content (AvgIpc) is 1.60. The monoisotopic (exact) mass is 1400 g/mol. The predicted molar refractivity (Wildman–Crippen MR) is 387 cm³/mol. The third-order valence-corrected chi connectivity index (χ3v) is 18.6. The first-order valence-electron chi connectivity index (χ1n) is 35.1. The summed E-state index contributed by atoms with van der Waals surface area (Å²) in [5.74, 6) is 1.68. The van der Waals surface area contributed by atoms with Gasteiger partial charge in [0, 0.05) is 44.2 Å². The topological polar surface area (TPSA) is 266 Å². The molecule has 22 heteroatoms. The molecule has 2 saturated carbocycles. The van der Waals surface area contributed by atoms with Crippen LogP contribution in [0, 0.1) is 57.3 Å². The number of nitrogens with one attached hydrogen (secondary N) is 2. The Bertz CT molecular complexity index is 3330. The van der Waals surface area contributed by atoms with Gasteiger partial charge in [-0.25, -0.2) is 9.59 Å². The van der Waals surface area contributed by atoms with Gasteiger partial charge in [-0.3, -0.25) is 19.2 Å². The van der Waals surface area contributed by atoms with Crippen molar-refractivity contribution in [2.24, 2.45) is 38.1 Å². The van der Waals surface area contributed by atoms with Gasteiger partial charge in [-0.15, -0.1) is 0 Å². The van der Waals surface area contributed by atoms with Crippen molar-refractivity contribution in [1.29, 1.82) is 0 Å². The van der Waals surface area contributed by atoms with Crippen LogP contribution in [0.2, 0.25) is 0 Å². The molecule has 1 spiro atoms. The van der Waals surface area contributed by atoms with Crippen LogP contribution in [0.1, 0.15) is 224 Å². The molecule has 3 aromatic rings. The number of carbonyl (C=O) groups is 6. The van der Waals surface area contributed by atoms with Gasteiger partial charge in [0.2, 0.25) is 23.6 Å². The SMILES string of the molecule is C=C1C[C@@H](C(=O)OC)N(C(=O)[C@@H](NC(=O)CC2CCCCC2)C(C)(C)C)C1.COC(=O)[C@@H]1C[C@]2(CC(c3ccc(OC(C)C)c(C)c3)=NO2)CN1C(=O)[C@@H](NC(=O)CC1CCCCC1)C(C)(C)C.Cc1cc(C(Cl)=NO)cc(C)c1OC(C)C.Cc1cc(C=NO)cc(C)c1OC(C)C. The van der Waals surface area contributed by atoms with Crippen molar-refractivity contribution in [1.82, 2.24) is 20.4 Å². The highest BCUT2D eigenvalue weighted by Crippen LogP contribution is 2.41. The number of esters is 2. The second kappa shape index (κ2) is 37.1. The number of likely N-dealkylation sites (tertiary alicyclic amines) is 2. The van der Waals surface area contributed by atoms with Crippen LogP contribution in [0.5, 0.6) is 17.2 Å². The number of methoxy groups -OCH3 is 2. The maximum absolute atomic E-state index is 14.1. The number of ether oxygens (including phenoxy) is 5. The van der Waals surface area contributed by atoms with Gasteiger partial charge in [0.05, 0.1) is 51.0 Å². The molecule has 4 N–H and O–H groups in total. The van der Waals surface area contributed by atoms with E-state index in [0.717, 1.165) is 106 Å². The van der Waals surface area contributed by atoms with Crippen molar-refractivity contribution >= 4 is 64.3 Å². The van der Waals surface area contributed by atoms with Crippen LogP contribution in [-0.4, -0.2) is 148 Å². The third-order valence-electron chi connectivity index (χ3n) is 18.3. The summed E-state index contributed by atoms with van der Waals surface area (Å²) in [7, 11) is 2.64. The third kappa shape index (κ3) is 24.0. The molecule has 0 aromatic heterocycles. The average molecular weight is 1400 g/mol. The van der Waals surface area contributed by atoms with E-state index in [0.29, 0.717) is 49.6 Å². The fourth-order valence-corrected chi connectivity index (χ4v) is 13.6. The molecule has 3 aromatic carbocycles. The zero-order valence-electron chi connectivity index (χ0n) is 62.5. The van der Waals surface area contributed by atoms with Crippen molar-refractivity contribution in [3.05, 3.63) is 99.1 Å². The molecule has 5 aliphatic rings. The summed E-state index contributed by atoms with van der Waals surface area (Å²) >= 11 is 5.75. The minimum atomic E-state index is -0.848. The lowest BCUT2D eigenvalue weighted by molar-refractivity contribution is -0.153. The largest absolute Gasteiger partial charge is 0.491 e. The van der Waals surface area contributed by atoms with E-state index in [9.17, 15) is 28.8 Å². The molecule has 2 saturated heterocycles. The Kier molecular flexibility index (Phi) is 30.7. The molecule has 548 valence electrons. The molecule has 3 aliphatic heterocycles. The highest BCUT2D eigenvalue weighted by Gasteiger charge is 2.56. The van der Waals surface area contributed by atoms with E-state index in [2.05, 4.69) is 32.7 Å². The molecule has 0 bridgehead atoms. The molecule has 0 radical (unpaired) electrons. The molecule has 5 atom stereocenters. The number of amides is 4. The van der Waals surface area contributed by atoms with Crippen molar-refractivity contribution in [2.45, 2.75) is 262 Å². The van der Waals surface area contributed by atoms with E-state index in [-0.39, 0.29) is 60.1 Å². The molecule has 2 aliphatic carbocycles. The first-order chi connectivity index (χ1) is 46.4. The molecule has 21 nitrogen and oxygen atoms in total. The number of benzene rings is 3. The number of carbonyl (C=O) groups excluding carboxylic acids is 6. The van der Waals surface area contributed by atoms with E-state index in [4.69, 9.17) is 50.5 Å². The van der Waals surface area contributed by atoms with Gasteiger partial charge in [0.15, 0.2) is 10.8 Å². The number of halogens is 1. The van der Waals surface area contributed by atoms with Gasteiger partial charge in [-0.2, -0.15) is 0 Å². The van der Waals surface area contributed by atoms with Crippen molar-refractivity contribution in [2.75, 3.05) is 27.3 Å². The molecule has 8 rings (SSSR count). The van der Waals surface area contributed by atoms with Gasteiger partial charge in [0.25, 0.3) is 0 Å². The zero-order valence-corrected chi connectivity index (χ0v) is 63.2.